The summed E-state index contributed by atoms with van der Waals surface area (Å²) in [6, 6.07) is 7.62. The zero-order valence-corrected chi connectivity index (χ0v) is 14.8. The molecule has 3 rings (SSSR count). The molecule has 1 aromatic rings. The third-order valence-electron chi connectivity index (χ3n) is 4.89. The molecule has 0 N–H and O–H groups in total. The number of hydrogen-bond acceptors (Lipinski definition) is 5. The van der Waals surface area contributed by atoms with Gasteiger partial charge in [-0.1, -0.05) is 12.1 Å². The Morgan fingerprint density at radius 1 is 1.30 bits per heavy atom. The molecule has 0 saturated carbocycles. The molecule has 0 aliphatic carbocycles. The SMILES string of the molecule is Cc1cccc(S(=O)(=O)CCCN2C[C@@H]3OCCN(C)[C@@H]3C2)c1. The predicted octanol–water partition coefficient (Wildman–Crippen LogP) is 1.17. The Balaban J connectivity index is 1.52. The van der Waals surface area contributed by atoms with Gasteiger partial charge in [-0.25, -0.2) is 8.42 Å². The summed E-state index contributed by atoms with van der Waals surface area (Å²) in [5.74, 6) is 0.207. The number of morpholine rings is 1. The van der Waals surface area contributed by atoms with Crippen molar-refractivity contribution in [1.82, 2.24) is 9.80 Å². The summed E-state index contributed by atoms with van der Waals surface area (Å²) >= 11 is 0. The molecule has 1 aromatic carbocycles. The van der Waals surface area contributed by atoms with Crippen LogP contribution in [0.1, 0.15) is 12.0 Å². The maximum absolute atomic E-state index is 12.4. The van der Waals surface area contributed by atoms with Gasteiger partial charge in [0.1, 0.15) is 0 Å². The van der Waals surface area contributed by atoms with E-state index < -0.39 is 9.84 Å². The number of hydrogen-bond donors (Lipinski definition) is 0. The fourth-order valence-electron chi connectivity index (χ4n) is 3.52. The molecule has 2 fully saturated rings. The van der Waals surface area contributed by atoms with Crippen LogP contribution in [-0.4, -0.2) is 75.9 Å². The standard InChI is InChI=1S/C17H26N2O3S/c1-14-5-3-6-15(11-14)23(20,21)10-4-7-19-12-16-17(13-19)22-9-8-18(16)2/h3,5-6,11,16-17H,4,7-10,12-13H2,1-2H3/t16-,17+/m1/s1. The number of sulfone groups is 1. The maximum Gasteiger partial charge on any atom is 0.178 e. The highest BCUT2D eigenvalue weighted by Gasteiger charge is 2.38. The van der Waals surface area contributed by atoms with E-state index in [1.54, 1.807) is 18.2 Å². The third kappa shape index (κ3) is 3.94. The first-order valence-corrected chi connectivity index (χ1v) is 9.94. The van der Waals surface area contributed by atoms with Crippen LogP contribution in [0.15, 0.2) is 29.2 Å². The summed E-state index contributed by atoms with van der Waals surface area (Å²) in [6.45, 7) is 6.41. The van der Waals surface area contributed by atoms with Crippen molar-refractivity contribution in [3.05, 3.63) is 29.8 Å². The van der Waals surface area contributed by atoms with Crippen molar-refractivity contribution in [2.45, 2.75) is 30.4 Å². The average molecular weight is 338 g/mol. The van der Waals surface area contributed by atoms with E-state index in [2.05, 4.69) is 16.8 Å². The van der Waals surface area contributed by atoms with Crippen molar-refractivity contribution in [3.63, 3.8) is 0 Å². The van der Waals surface area contributed by atoms with Crippen LogP contribution in [0.25, 0.3) is 0 Å². The van der Waals surface area contributed by atoms with Gasteiger partial charge in [-0.3, -0.25) is 9.80 Å². The van der Waals surface area contributed by atoms with Crippen molar-refractivity contribution in [2.75, 3.05) is 45.6 Å². The Morgan fingerprint density at radius 2 is 2.13 bits per heavy atom. The first-order chi connectivity index (χ1) is 11.0. The summed E-state index contributed by atoms with van der Waals surface area (Å²) in [4.78, 5) is 5.14. The number of nitrogens with zero attached hydrogens (tertiary/aromatic N) is 2. The van der Waals surface area contributed by atoms with E-state index in [1.807, 2.05) is 13.0 Å². The van der Waals surface area contributed by atoms with E-state index in [4.69, 9.17) is 4.74 Å². The van der Waals surface area contributed by atoms with Gasteiger partial charge in [0.05, 0.1) is 23.4 Å². The van der Waals surface area contributed by atoms with Gasteiger partial charge in [0.15, 0.2) is 9.84 Å². The van der Waals surface area contributed by atoms with Crippen LogP contribution in [0, 0.1) is 6.92 Å². The Morgan fingerprint density at radius 3 is 2.87 bits per heavy atom. The highest BCUT2D eigenvalue weighted by Crippen LogP contribution is 2.22. The molecule has 2 saturated heterocycles. The van der Waals surface area contributed by atoms with Gasteiger partial charge in [0.25, 0.3) is 0 Å². The monoisotopic (exact) mass is 338 g/mol. The van der Waals surface area contributed by atoms with E-state index in [0.717, 1.165) is 38.3 Å². The lowest BCUT2D eigenvalue weighted by atomic mass is 10.1. The largest absolute Gasteiger partial charge is 0.374 e. The molecular weight excluding hydrogens is 312 g/mol. The lowest BCUT2D eigenvalue weighted by molar-refractivity contribution is -0.0369. The van der Waals surface area contributed by atoms with Crippen LogP contribution in [0.5, 0.6) is 0 Å². The van der Waals surface area contributed by atoms with Crippen molar-refractivity contribution < 1.29 is 13.2 Å². The molecule has 0 bridgehead atoms. The van der Waals surface area contributed by atoms with Crippen molar-refractivity contribution in [3.8, 4) is 0 Å². The molecular formula is C17H26N2O3S. The van der Waals surface area contributed by atoms with Gasteiger partial charge in [0.2, 0.25) is 0 Å². The minimum absolute atomic E-state index is 0.207. The van der Waals surface area contributed by atoms with Gasteiger partial charge in [-0.15, -0.1) is 0 Å². The molecule has 23 heavy (non-hydrogen) atoms. The number of benzene rings is 1. The molecule has 2 atom stereocenters. The highest BCUT2D eigenvalue weighted by atomic mass is 32.2. The highest BCUT2D eigenvalue weighted by molar-refractivity contribution is 7.91. The number of likely N-dealkylation sites (tertiary alicyclic amines) is 1. The van der Waals surface area contributed by atoms with E-state index in [-0.39, 0.29) is 11.9 Å². The normalized spacial score (nSPS) is 26.3. The smallest absolute Gasteiger partial charge is 0.178 e. The number of likely N-dealkylation sites (N-methyl/N-ethyl adjacent to an activating group) is 1. The van der Waals surface area contributed by atoms with Crippen LogP contribution in [0.2, 0.25) is 0 Å². The molecule has 0 spiro atoms. The second-order valence-electron chi connectivity index (χ2n) is 6.71. The minimum Gasteiger partial charge on any atom is -0.374 e. The molecule has 0 aromatic heterocycles. The fraction of sp³-hybridized carbons (Fsp3) is 0.647. The lowest BCUT2D eigenvalue weighted by Crippen LogP contribution is -2.48. The van der Waals surface area contributed by atoms with Gasteiger partial charge in [0, 0.05) is 25.7 Å². The van der Waals surface area contributed by atoms with Gasteiger partial charge in [-0.05, 0) is 44.6 Å². The Kier molecular flexibility index (Phi) is 5.06. The fourth-order valence-corrected chi connectivity index (χ4v) is 4.92. The van der Waals surface area contributed by atoms with Crippen LogP contribution >= 0.6 is 0 Å². The van der Waals surface area contributed by atoms with Crippen LogP contribution in [-0.2, 0) is 14.6 Å². The minimum atomic E-state index is -3.18. The van der Waals surface area contributed by atoms with Crippen molar-refractivity contribution in [2.24, 2.45) is 0 Å². The summed E-state index contributed by atoms with van der Waals surface area (Å²) in [5.41, 5.74) is 0.981. The van der Waals surface area contributed by atoms with Gasteiger partial charge >= 0.3 is 0 Å². The second-order valence-corrected chi connectivity index (χ2v) is 8.81. The zero-order valence-electron chi connectivity index (χ0n) is 13.9. The summed E-state index contributed by atoms with van der Waals surface area (Å²) < 4.78 is 30.7. The van der Waals surface area contributed by atoms with E-state index in [9.17, 15) is 8.42 Å². The molecule has 128 valence electrons. The van der Waals surface area contributed by atoms with Crippen LogP contribution in [0.4, 0.5) is 0 Å². The average Bonchev–Trinajstić information content (AvgIpc) is 2.91. The first-order valence-electron chi connectivity index (χ1n) is 8.29. The summed E-state index contributed by atoms with van der Waals surface area (Å²) in [5, 5.41) is 0. The number of aryl methyl sites for hydroxylation is 1. The quantitative estimate of drug-likeness (QED) is 0.807. The van der Waals surface area contributed by atoms with E-state index in [0.29, 0.717) is 17.4 Å². The predicted molar refractivity (Wildman–Crippen MR) is 90.4 cm³/mol. The van der Waals surface area contributed by atoms with E-state index in [1.165, 1.54) is 0 Å². The Hall–Kier alpha value is -0.950. The zero-order chi connectivity index (χ0) is 16.4. The topological polar surface area (TPSA) is 49.9 Å². The summed E-state index contributed by atoms with van der Waals surface area (Å²) in [7, 11) is -1.03. The third-order valence-corrected chi connectivity index (χ3v) is 6.69. The van der Waals surface area contributed by atoms with Crippen LogP contribution in [0.3, 0.4) is 0 Å². The Labute approximate surface area is 139 Å². The van der Waals surface area contributed by atoms with Crippen LogP contribution < -0.4 is 0 Å². The van der Waals surface area contributed by atoms with E-state index >= 15 is 0 Å². The van der Waals surface area contributed by atoms with Gasteiger partial charge in [-0.2, -0.15) is 0 Å². The molecule has 0 radical (unpaired) electrons. The lowest BCUT2D eigenvalue weighted by Gasteiger charge is -2.33. The number of fused-ring (bicyclic) bond motifs is 1. The second kappa shape index (κ2) is 6.89. The first kappa shape index (κ1) is 16.9. The molecule has 2 aliphatic heterocycles. The van der Waals surface area contributed by atoms with Crippen molar-refractivity contribution >= 4 is 9.84 Å². The molecule has 5 nitrogen and oxygen atoms in total. The van der Waals surface area contributed by atoms with Gasteiger partial charge < -0.3 is 4.74 Å². The molecule has 2 heterocycles. The number of ether oxygens (including phenoxy) is 1. The summed E-state index contributed by atoms with van der Waals surface area (Å²) in [6.07, 6.45) is 0.946. The Bertz CT molecular complexity index is 647. The molecule has 6 heteroatoms. The molecule has 2 aliphatic rings. The number of rotatable bonds is 5. The molecule has 0 unspecified atom stereocenters. The van der Waals surface area contributed by atoms with Crippen molar-refractivity contribution in [1.29, 1.82) is 0 Å². The molecule has 0 amide bonds. The maximum atomic E-state index is 12.4.